The van der Waals surface area contributed by atoms with Crippen LogP contribution in [0.25, 0.3) is 10.9 Å². The first-order valence-electron chi connectivity index (χ1n) is 4.42. The summed E-state index contributed by atoms with van der Waals surface area (Å²) >= 11 is 0. The third-order valence-electron chi connectivity index (χ3n) is 2.19. The number of carbonyl (C=O) groups is 1. The molecule has 2 rings (SSSR count). The minimum Gasteiger partial charge on any atom is -0.477 e. The largest absolute Gasteiger partial charge is 0.477 e. The first-order valence-corrected chi connectivity index (χ1v) is 4.42. The summed E-state index contributed by atoms with van der Waals surface area (Å²) in [6.45, 7) is 0. The standard InChI is InChI=1S/C11H6N2O3/c12-5-6-1-2-8-7(3-6)10(14)4-9(13-8)11(15)16/h1-4H,(H,13,14)(H,15,16). The van der Waals surface area contributed by atoms with Crippen molar-refractivity contribution in [1.29, 1.82) is 5.26 Å². The first kappa shape index (κ1) is 9.93. The van der Waals surface area contributed by atoms with Crippen molar-refractivity contribution in [2.75, 3.05) is 0 Å². The molecule has 0 amide bonds. The highest BCUT2D eigenvalue weighted by molar-refractivity contribution is 5.89. The number of pyridine rings is 1. The highest BCUT2D eigenvalue weighted by atomic mass is 16.4. The molecule has 0 spiro atoms. The number of hydrogen-bond donors (Lipinski definition) is 2. The van der Waals surface area contributed by atoms with E-state index in [1.807, 2.05) is 6.07 Å². The van der Waals surface area contributed by atoms with E-state index in [-0.39, 0.29) is 5.69 Å². The molecule has 0 saturated carbocycles. The molecule has 0 aliphatic carbocycles. The van der Waals surface area contributed by atoms with Gasteiger partial charge in [-0.25, -0.2) is 4.79 Å². The highest BCUT2D eigenvalue weighted by Crippen LogP contribution is 2.10. The van der Waals surface area contributed by atoms with Crippen LogP contribution in [0.2, 0.25) is 0 Å². The van der Waals surface area contributed by atoms with Gasteiger partial charge in [-0.3, -0.25) is 4.79 Å². The Morgan fingerprint density at radius 2 is 2.12 bits per heavy atom. The van der Waals surface area contributed by atoms with Crippen molar-refractivity contribution >= 4 is 16.9 Å². The number of aromatic nitrogens is 1. The summed E-state index contributed by atoms with van der Waals surface area (Å²) in [6.07, 6.45) is 0. The number of aromatic amines is 1. The van der Waals surface area contributed by atoms with Gasteiger partial charge in [0.2, 0.25) is 0 Å². The fraction of sp³-hybridized carbons (Fsp3) is 0. The van der Waals surface area contributed by atoms with Gasteiger partial charge in [0.15, 0.2) is 5.43 Å². The zero-order valence-electron chi connectivity index (χ0n) is 8.02. The Hall–Kier alpha value is -2.61. The number of carboxylic acid groups (broad SMARTS) is 1. The summed E-state index contributed by atoms with van der Waals surface area (Å²) in [5.74, 6) is -1.19. The zero-order valence-corrected chi connectivity index (χ0v) is 8.02. The molecule has 2 aromatic rings. The summed E-state index contributed by atoms with van der Waals surface area (Å²) in [6, 6.07) is 7.38. The molecule has 0 bridgehead atoms. The molecule has 5 heteroatoms. The molecule has 78 valence electrons. The molecule has 0 fully saturated rings. The molecule has 1 aromatic heterocycles. The van der Waals surface area contributed by atoms with Crippen molar-refractivity contribution in [3.8, 4) is 6.07 Å². The molecule has 5 nitrogen and oxygen atoms in total. The number of nitrogens with zero attached hydrogens (tertiary/aromatic N) is 1. The molecular formula is C11H6N2O3. The first-order chi connectivity index (χ1) is 7.61. The van der Waals surface area contributed by atoms with Gasteiger partial charge in [-0.1, -0.05) is 0 Å². The van der Waals surface area contributed by atoms with Gasteiger partial charge in [-0.05, 0) is 18.2 Å². The number of carboxylic acids is 1. The molecule has 0 unspecified atom stereocenters. The van der Waals surface area contributed by atoms with Gasteiger partial charge in [0.1, 0.15) is 5.69 Å². The van der Waals surface area contributed by atoms with E-state index in [1.54, 1.807) is 0 Å². The summed E-state index contributed by atoms with van der Waals surface area (Å²) in [4.78, 5) is 24.9. The van der Waals surface area contributed by atoms with Gasteiger partial charge >= 0.3 is 5.97 Å². The summed E-state index contributed by atoms with van der Waals surface area (Å²) < 4.78 is 0. The number of benzene rings is 1. The lowest BCUT2D eigenvalue weighted by atomic mass is 10.1. The van der Waals surface area contributed by atoms with Crippen LogP contribution in [0.5, 0.6) is 0 Å². The summed E-state index contributed by atoms with van der Waals surface area (Å²) in [5, 5.41) is 17.7. The van der Waals surface area contributed by atoms with Crippen molar-refractivity contribution in [3.05, 3.63) is 45.7 Å². The Balaban J connectivity index is 2.83. The van der Waals surface area contributed by atoms with Crippen LogP contribution in [0, 0.1) is 11.3 Å². The third kappa shape index (κ3) is 1.53. The molecule has 0 aliphatic heterocycles. The van der Waals surface area contributed by atoms with Gasteiger partial charge in [0.25, 0.3) is 0 Å². The van der Waals surface area contributed by atoms with Crippen LogP contribution in [0.15, 0.2) is 29.1 Å². The monoisotopic (exact) mass is 214 g/mol. The van der Waals surface area contributed by atoms with E-state index >= 15 is 0 Å². The molecule has 1 aromatic carbocycles. The lowest BCUT2D eigenvalue weighted by Crippen LogP contribution is -2.09. The molecular weight excluding hydrogens is 208 g/mol. The van der Waals surface area contributed by atoms with Crippen LogP contribution >= 0.6 is 0 Å². The summed E-state index contributed by atoms with van der Waals surface area (Å²) in [7, 11) is 0. The topological polar surface area (TPSA) is 93.9 Å². The van der Waals surface area contributed by atoms with E-state index in [0.717, 1.165) is 6.07 Å². The van der Waals surface area contributed by atoms with Gasteiger partial charge in [-0.2, -0.15) is 5.26 Å². The van der Waals surface area contributed by atoms with Crippen molar-refractivity contribution in [2.45, 2.75) is 0 Å². The van der Waals surface area contributed by atoms with E-state index in [4.69, 9.17) is 10.4 Å². The number of nitriles is 1. The Bertz CT molecular complexity index is 680. The maximum atomic E-state index is 11.6. The van der Waals surface area contributed by atoms with Crippen molar-refractivity contribution in [2.24, 2.45) is 0 Å². The molecule has 0 saturated heterocycles. The molecule has 0 radical (unpaired) electrons. The maximum Gasteiger partial charge on any atom is 0.352 e. The number of H-pyrrole nitrogens is 1. The Labute approximate surface area is 89.6 Å². The van der Waals surface area contributed by atoms with Crippen molar-refractivity contribution < 1.29 is 9.90 Å². The molecule has 16 heavy (non-hydrogen) atoms. The molecule has 0 aliphatic rings. The normalized spacial score (nSPS) is 9.94. The lowest BCUT2D eigenvalue weighted by Gasteiger charge is -2.00. The van der Waals surface area contributed by atoms with E-state index < -0.39 is 11.4 Å². The number of fused-ring (bicyclic) bond motifs is 1. The number of aromatic carboxylic acids is 1. The number of rotatable bonds is 1. The molecule has 0 atom stereocenters. The minimum absolute atomic E-state index is 0.165. The highest BCUT2D eigenvalue weighted by Gasteiger charge is 2.07. The quantitative estimate of drug-likeness (QED) is 0.743. The van der Waals surface area contributed by atoms with E-state index in [9.17, 15) is 9.59 Å². The van der Waals surface area contributed by atoms with Gasteiger partial charge in [0, 0.05) is 17.0 Å². The van der Waals surface area contributed by atoms with Crippen LogP contribution in [0.4, 0.5) is 0 Å². The average molecular weight is 214 g/mol. The molecule has 1 heterocycles. The van der Waals surface area contributed by atoms with Crippen LogP contribution in [-0.2, 0) is 0 Å². The van der Waals surface area contributed by atoms with Crippen LogP contribution < -0.4 is 5.43 Å². The zero-order chi connectivity index (χ0) is 11.7. The Morgan fingerprint density at radius 3 is 2.75 bits per heavy atom. The second kappa shape index (κ2) is 3.51. The van der Waals surface area contributed by atoms with E-state index in [2.05, 4.69) is 4.98 Å². The third-order valence-corrected chi connectivity index (χ3v) is 2.19. The van der Waals surface area contributed by atoms with Crippen molar-refractivity contribution in [1.82, 2.24) is 4.98 Å². The number of hydrogen-bond acceptors (Lipinski definition) is 3. The van der Waals surface area contributed by atoms with Crippen LogP contribution in [0.3, 0.4) is 0 Å². The van der Waals surface area contributed by atoms with Gasteiger partial charge in [0.05, 0.1) is 11.6 Å². The van der Waals surface area contributed by atoms with Gasteiger partial charge < -0.3 is 10.1 Å². The maximum absolute atomic E-state index is 11.6. The second-order valence-electron chi connectivity index (χ2n) is 3.22. The average Bonchev–Trinajstić information content (AvgIpc) is 2.28. The second-order valence-corrected chi connectivity index (χ2v) is 3.22. The van der Waals surface area contributed by atoms with Crippen LogP contribution in [-0.4, -0.2) is 16.1 Å². The fourth-order valence-electron chi connectivity index (χ4n) is 1.43. The predicted molar refractivity (Wildman–Crippen MR) is 56.2 cm³/mol. The SMILES string of the molecule is N#Cc1ccc2[nH]c(C(=O)O)cc(=O)c2c1. The van der Waals surface area contributed by atoms with E-state index in [1.165, 1.54) is 18.2 Å². The number of nitrogens with one attached hydrogen (secondary N) is 1. The smallest absolute Gasteiger partial charge is 0.352 e. The van der Waals surface area contributed by atoms with E-state index in [0.29, 0.717) is 16.5 Å². The molecule has 2 N–H and O–H groups in total. The summed E-state index contributed by atoms with van der Waals surface area (Å²) in [5.41, 5.74) is 0.190. The van der Waals surface area contributed by atoms with Crippen molar-refractivity contribution in [3.63, 3.8) is 0 Å². The Kier molecular flexibility index (Phi) is 2.18. The Morgan fingerprint density at radius 1 is 1.38 bits per heavy atom. The van der Waals surface area contributed by atoms with Crippen LogP contribution in [0.1, 0.15) is 16.1 Å². The predicted octanol–water partition coefficient (Wildman–Crippen LogP) is 1.10. The minimum atomic E-state index is -1.19. The lowest BCUT2D eigenvalue weighted by molar-refractivity contribution is 0.0691. The van der Waals surface area contributed by atoms with Gasteiger partial charge in [-0.15, -0.1) is 0 Å². The fourth-order valence-corrected chi connectivity index (χ4v) is 1.43.